The number of aromatic nitrogens is 5. The topological polar surface area (TPSA) is 88.1 Å². The Kier molecular flexibility index (Phi) is 6.76. The van der Waals surface area contributed by atoms with E-state index in [9.17, 15) is 0 Å². The van der Waals surface area contributed by atoms with Crippen molar-refractivity contribution >= 4 is 11.8 Å². The van der Waals surface area contributed by atoms with Gasteiger partial charge in [-0.1, -0.05) is 59.4 Å². The third-order valence-electron chi connectivity index (χ3n) is 5.33. The highest BCUT2D eigenvalue weighted by Gasteiger charge is 2.18. The lowest BCUT2D eigenvalue weighted by Gasteiger charge is -2.11. The minimum atomic E-state index is 0.466. The Morgan fingerprint density at radius 3 is 2.43 bits per heavy atom. The van der Waals surface area contributed by atoms with Crippen LogP contribution in [0.5, 0.6) is 11.5 Å². The quantitative estimate of drug-likeness (QED) is 0.263. The maximum atomic E-state index is 5.48. The van der Waals surface area contributed by atoms with Gasteiger partial charge in [0.2, 0.25) is 5.89 Å². The van der Waals surface area contributed by atoms with Crippen molar-refractivity contribution in [1.29, 1.82) is 0 Å². The second kappa shape index (κ2) is 10.4. The summed E-state index contributed by atoms with van der Waals surface area (Å²) in [5.74, 6) is 3.88. The van der Waals surface area contributed by atoms with Gasteiger partial charge in [0, 0.05) is 17.7 Å². The van der Waals surface area contributed by atoms with Gasteiger partial charge in [0.15, 0.2) is 16.8 Å². The molecule has 0 radical (unpaired) electrons. The Bertz CT molecular complexity index is 1400. The monoisotopic (exact) mass is 485 g/mol. The molecular formula is C26H23N5O3S. The van der Waals surface area contributed by atoms with E-state index in [4.69, 9.17) is 14.0 Å². The summed E-state index contributed by atoms with van der Waals surface area (Å²) in [7, 11) is 3.29. The van der Waals surface area contributed by atoms with E-state index in [1.54, 1.807) is 14.2 Å². The van der Waals surface area contributed by atoms with Crippen LogP contribution in [0.15, 0.2) is 88.5 Å². The molecule has 3 aromatic carbocycles. The van der Waals surface area contributed by atoms with Crippen molar-refractivity contribution < 1.29 is 14.0 Å². The van der Waals surface area contributed by atoms with E-state index in [2.05, 4.69) is 20.3 Å². The summed E-state index contributed by atoms with van der Waals surface area (Å²) < 4.78 is 18.2. The summed E-state index contributed by atoms with van der Waals surface area (Å²) >= 11 is 1.48. The van der Waals surface area contributed by atoms with E-state index >= 15 is 0 Å². The van der Waals surface area contributed by atoms with Gasteiger partial charge < -0.3 is 14.0 Å². The number of methoxy groups -OCH3 is 2. The summed E-state index contributed by atoms with van der Waals surface area (Å²) in [4.78, 5) is 4.54. The van der Waals surface area contributed by atoms with Crippen LogP contribution in [-0.2, 0) is 12.2 Å². The average molecular weight is 486 g/mol. The minimum absolute atomic E-state index is 0.466. The standard InChI is InChI=1S/C26H23N5O3S/c1-32-21-13-11-20(12-14-21)31-25(19-9-6-10-22(16-19)33-2)28-29-26(31)35-17-24-27-23(30-34-24)15-18-7-4-3-5-8-18/h3-14,16H,15,17H2,1-2H3. The molecule has 5 rings (SSSR count). The van der Waals surface area contributed by atoms with Crippen LogP contribution in [0.1, 0.15) is 17.3 Å². The van der Waals surface area contributed by atoms with Crippen molar-refractivity contribution in [3.05, 3.63) is 96.1 Å². The van der Waals surface area contributed by atoms with Crippen LogP contribution in [0, 0.1) is 0 Å². The van der Waals surface area contributed by atoms with Gasteiger partial charge >= 0.3 is 0 Å². The fourth-order valence-electron chi connectivity index (χ4n) is 3.60. The molecule has 0 aliphatic rings. The zero-order valence-corrected chi connectivity index (χ0v) is 20.1. The molecular weight excluding hydrogens is 462 g/mol. The highest BCUT2D eigenvalue weighted by atomic mass is 32.2. The first kappa shape index (κ1) is 22.7. The molecule has 2 heterocycles. The second-order valence-corrected chi connectivity index (χ2v) is 8.57. The number of rotatable bonds is 9. The van der Waals surface area contributed by atoms with Crippen molar-refractivity contribution in [2.75, 3.05) is 14.2 Å². The zero-order chi connectivity index (χ0) is 24.0. The van der Waals surface area contributed by atoms with Crippen LogP contribution in [-0.4, -0.2) is 39.1 Å². The van der Waals surface area contributed by atoms with E-state index in [1.165, 1.54) is 11.8 Å². The van der Waals surface area contributed by atoms with Gasteiger partial charge in [0.25, 0.3) is 0 Å². The molecule has 0 unspecified atom stereocenters. The fraction of sp³-hybridized carbons (Fsp3) is 0.154. The molecule has 8 nitrogen and oxygen atoms in total. The first-order valence-electron chi connectivity index (χ1n) is 11.0. The van der Waals surface area contributed by atoms with Crippen LogP contribution in [0.4, 0.5) is 0 Å². The van der Waals surface area contributed by atoms with E-state index in [0.717, 1.165) is 28.3 Å². The Balaban J connectivity index is 1.42. The molecule has 0 saturated carbocycles. The SMILES string of the molecule is COc1ccc(-n2c(SCc3nc(Cc4ccccc4)no3)nnc2-c2cccc(OC)c2)cc1. The lowest BCUT2D eigenvalue weighted by atomic mass is 10.1. The summed E-state index contributed by atoms with van der Waals surface area (Å²) in [5.41, 5.74) is 2.93. The summed E-state index contributed by atoms with van der Waals surface area (Å²) in [6, 6.07) is 25.6. The molecule has 0 fully saturated rings. The van der Waals surface area contributed by atoms with Crippen LogP contribution >= 0.6 is 11.8 Å². The normalized spacial score (nSPS) is 10.9. The molecule has 176 valence electrons. The van der Waals surface area contributed by atoms with Gasteiger partial charge in [-0.25, -0.2) is 0 Å². The third-order valence-corrected chi connectivity index (χ3v) is 6.25. The fourth-order valence-corrected chi connectivity index (χ4v) is 4.39. The van der Waals surface area contributed by atoms with Crippen molar-refractivity contribution in [2.45, 2.75) is 17.3 Å². The molecule has 2 aromatic heterocycles. The maximum Gasteiger partial charge on any atom is 0.237 e. The largest absolute Gasteiger partial charge is 0.497 e. The number of ether oxygens (including phenoxy) is 2. The molecule has 0 spiro atoms. The van der Waals surface area contributed by atoms with E-state index in [-0.39, 0.29) is 0 Å². The Hall–Kier alpha value is -4.11. The molecule has 0 saturated heterocycles. The maximum absolute atomic E-state index is 5.48. The van der Waals surface area contributed by atoms with E-state index < -0.39 is 0 Å². The van der Waals surface area contributed by atoms with Gasteiger partial charge in [-0.15, -0.1) is 10.2 Å². The number of thioether (sulfide) groups is 1. The minimum Gasteiger partial charge on any atom is -0.497 e. The lowest BCUT2D eigenvalue weighted by molar-refractivity contribution is 0.385. The number of benzene rings is 3. The highest BCUT2D eigenvalue weighted by Crippen LogP contribution is 2.31. The van der Waals surface area contributed by atoms with Crippen molar-refractivity contribution in [3.63, 3.8) is 0 Å². The molecule has 0 atom stereocenters. The molecule has 0 aliphatic carbocycles. The first-order valence-corrected chi connectivity index (χ1v) is 11.9. The number of hydrogen-bond acceptors (Lipinski definition) is 8. The van der Waals surface area contributed by atoms with Gasteiger partial charge in [-0.3, -0.25) is 4.57 Å². The molecule has 5 aromatic rings. The Morgan fingerprint density at radius 1 is 0.857 bits per heavy atom. The molecule has 0 N–H and O–H groups in total. The average Bonchev–Trinajstić information content (AvgIpc) is 3.55. The van der Waals surface area contributed by atoms with Crippen LogP contribution in [0.25, 0.3) is 17.1 Å². The van der Waals surface area contributed by atoms with E-state index in [1.807, 2.05) is 83.4 Å². The van der Waals surface area contributed by atoms with Crippen molar-refractivity contribution in [3.8, 4) is 28.6 Å². The van der Waals surface area contributed by atoms with Crippen LogP contribution in [0.3, 0.4) is 0 Å². The second-order valence-electron chi connectivity index (χ2n) is 7.63. The smallest absolute Gasteiger partial charge is 0.237 e. The van der Waals surface area contributed by atoms with Gasteiger partial charge in [0.05, 0.1) is 20.0 Å². The predicted molar refractivity (Wildman–Crippen MR) is 133 cm³/mol. The zero-order valence-electron chi connectivity index (χ0n) is 19.3. The van der Waals surface area contributed by atoms with Gasteiger partial charge in [-0.05, 0) is 42.0 Å². The van der Waals surface area contributed by atoms with Crippen LogP contribution in [0.2, 0.25) is 0 Å². The van der Waals surface area contributed by atoms with Gasteiger partial charge in [0.1, 0.15) is 11.5 Å². The summed E-state index contributed by atoms with van der Waals surface area (Å²) in [5, 5.41) is 13.8. The highest BCUT2D eigenvalue weighted by molar-refractivity contribution is 7.98. The van der Waals surface area contributed by atoms with Gasteiger partial charge in [-0.2, -0.15) is 4.98 Å². The molecule has 0 bridgehead atoms. The summed E-state index contributed by atoms with van der Waals surface area (Å²) in [6.07, 6.45) is 0.622. The Morgan fingerprint density at radius 2 is 1.66 bits per heavy atom. The van der Waals surface area contributed by atoms with Crippen molar-refractivity contribution in [2.24, 2.45) is 0 Å². The first-order chi connectivity index (χ1) is 17.2. The molecule has 0 aliphatic heterocycles. The molecule has 35 heavy (non-hydrogen) atoms. The third kappa shape index (κ3) is 5.20. The van der Waals surface area contributed by atoms with Crippen LogP contribution < -0.4 is 9.47 Å². The predicted octanol–water partition coefficient (Wildman–Crippen LogP) is 5.22. The number of nitrogens with zero attached hydrogens (tertiary/aromatic N) is 5. The lowest BCUT2D eigenvalue weighted by Crippen LogP contribution is -2.00. The molecule has 9 heteroatoms. The Labute approximate surface area is 206 Å². The molecule has 0 amide bonds. The van der Waals surface area contributed by atoms with Crippen molar-refractivity contribution in [1.82, 2.24) is 24.9 Å². The van der Waals surface area contributed by atoms with E-state index in [0.29, 0.717) is 34.9 Å². The summed E-state index contributed by atoms with van der Waals surface area (Å²) in [6.45, 7) is 0. The number of hydrogen-bond donors (Lipinski definition) is 0.